The van der Waals surface area contributed by atoms with E-state index in [1.54, 1.807) is 48.5 Å². The van der Waals surface area contributed by atoms with Gasteiger partial charge in [0.15, 0.2) is 0 Å². The van der Waals surface area contributed by atoms with Gasteiger partial charge in [0.2, 0.25) is 0 Å². The number of rotatable bonds is 8. The van der Waals surface area contributed by atoms with Crippen molar-refractivity contribution in [3.63, 3.8) is 0 Å². The van der Waals surface area contributed by atoms with E-state index in [1.165, 1.54) is 11.6 Å². The van der Waals surface area contributed by atoms with Gasteiger partial charge in [0.1, 0.15) is 11.9 Å². The molecule has 10 heteroatoms. The van der Waals surface area contributed by atoms with Crippen LogP contribution in [0.25, 0.3) is 0 Å². The number of amides is 3. The summed E-state index contributed by atoms with van der Waals surface area (Å²) in [5, 5.41) is 21.1. The van der Waals surface area contributed by atoms with E-state index in [0.717, 1.165) is 0 Å². The molecule has 0 saturated carbocycles. The van der Waals surface area contributed by atoms with Crippen LogP contribution in [0.4, 0.5) is 4.79 Å². The molecule has 0 radical (unpaired) electrons. The molecule has 4 N–H and O–H groups in total. The molecule has 0 aromatic heterocycles. The predicted molar refractivity (Wildman–Crippen MR) is 120 cm³/mol. The maximum Gasteiger partial charge on any atom is 0.414 e. The Hall–Kier alpha value is -2.69. The Morgan fingerprint density at radius 2 is 1.84 bits per heavy atom. The fourth-order valence-electron chi connectivity index (χ4n) is 2.67. The molecule has 1 atom stereocenters. The molecule has 0 aliphatic rings. The number of aromatic hydroxyl groups is 1. The van der Waals surface area contributed by atoms with E-state index < -0.39 is 24.0 Å². The number of unbranched alkanes of at least 4 members (excludes halogenated alkanes) is 1. The van der Waals surface area contributed by atoms with Gasteiger partial charge in [0.25, 0.3) is 11.8 Å². The topological polar surface area (TPSA) is 125 Å². The van der Waals surface area contributed by atoms with E-state index >= 15 is 0 Å². The second-order valence-corrected chi connectivity index (χ2v) is 8.12. The highest BCUT2D eigenvalue weighted by Crippen LogP contribution is 2.38. The van der Waals surface area contributed by atoms with Crippen LogP contribution in [0.1, 0.15) is 41.3 Å². The first-order chi connectivity index (χ1) is 14.8. The number of hydrogen-bond acceptors (Lipinski definition) is 6. The molecule has 0 spiro atoms. The molecule has 0 unspecified atom stereocenters. The van der Waals surface area contributed by atoms with Crippen LogP contribution in [0.15, 0.2) is 63.6 Å². The first kappa shape index (κ1) is 24.6. The van der Waals surface area contributed by atoms with Gasteiger partial charge in [-0.15, -0.1) is 0 Å². The first-order valence-electron chi connectivity index (χ1n) is 9.17. The third-order valence-electron chi connectivity index (χ3n) is 4.12. The fraction of sp³-hybridized carbons (Fsp3) is 0.190. The number of alkyl carbamates (subject to hydrolysis) is 1. The average molecular weight is 556 g/mol. The molecule has 3 amide bonds. The molecule has 8 nitrogen and oxygen atoms in total. The van der Waals surface area contributed by atoms with Crippen molar-refractivity contribution < 1.29 is 29.4 Å². The number of nitrogens with one attached hydrogen (secondary N) is 2. The zero-order valence-corrected chi connectivity index (χ0v) is 19.4. The number of halogens is 2. The number of ether oxygens (including phenoxy) is 1. The summed E-state index contributed by atoms with van der Waals surface area (Å²) in [7, 11) is 0. The zero-order valence-electron chi connectivity index (χ0n) is 16.2. The molecular weight excluding hydrogens is 536 g/mol. The van der Waals surface area contributed by atoms with E-state index in [0.29, 0.717) is 39.3 Å². The number of carbonyl (C=O) groups is 3. The lowest BCUT2D eigenvalue weighted by atomic mass is 10.0. The number of hydrogen-bond donors (Lipinski definition) is 4. The van der Waals surface area contributed by atoms with Crippen LogP contribution in [-0.4, -0.2) is 28.2 Å². The minimum atomic E-state index is -0.954. The lowest BCUT2D eigenvalue weighted by Crippen LogP contribution is -2.32. The zero-order chi connectivity index (χ0) is 22.8. The summed E-state index contributed by atoms with van der Waals surface area (Å²) >= 11 is 6.59. The van der Waals surface area contributed by atoms with Gasteiger partial charge in [-0.05, 0) is 59.5 Å². The van der Waals surface area contributed by atoms with Crippen molar-refractivity contribution in [2.24, 2.45) is 0 Å². The molecular formula is C21H20Br2N2O6. The van der Waals surface area contributed by atoms with Crippen LogP contribution >= 0.6 is 31.9 Å². The molecule has 164 valence electrons. The number of carbonyl (C=O) groups excluding carboxylic acids is 3. The van der Waals surface area contributed by atoms with Crippen molar-refractivity contribution in [1.82, 2.24) is 10.8 Å². The van der Waals surface area contributed by atoms with Crippen LogP contribution in [0.2, 0.25) is 0 Å². The summed E-state index contributed by atoms with van der Waals surface area (Å²) in [4.78, 5) is 35.6. The van der Waals surface area contributed by atoms with Crippen molar-refractivity contribution in [3.8, 4) is 5.75 Å². The first-order valence-corrected chi connectivity index (χ1v) is 10.8. The Balaban J connectivity index is 2.12. The third kappa shape index (κ3) is 7.82. The van der Waals surface area contributed by atoms with Gasteiger partial charge < -0.3 is 9.84 Å². The number of hydroxylamine groups is 1. The van der Waals surface area contributed by atoms with Gasteiger partial charge in [0.05, 0.1) is 4.47 Å². The number of benzene rings is 2. The Morgan fingerprint density at radius 1 is 1.13 bits per heavy atom. The minimum Gasteiger partial charge on any atom is -0.506 e. The highest BCUT2D eigenvalue weighted by Gasteiger charge is 2.23. The summed E-state index contributed by atoms with van der Waals surface area (Å²) in [6.45, 7) is 0. The Labute approximate surface area is 195 Å². The van der Waals surface area contributed by atoms with Crippen molar-refractivity contribution in [2.75, 3.05) is 0 Å². The van der Waals surface area contributed by atoms with Gasteiger partial charge in [-0.3, -0.25) is 20.1 Å². The Kier molecular flexibility index (Phi) is 9.70. The van der Waals surface area contributed by atoms with Crippen molar-refractivity contribution in [1.29, 1.82) is 0 Å². The maximum absolute atomic E-state index is 12.4. The highest BCUT2D eigenvalue weighted by molar-refractivity contribution is 9.11. The summed E-state index contributed by atoms with van der Waals surface area (Å²) in [5.74, 6) is -1.35. The van der Waals surface area contributed by atoms with E-state index in [2.05, 4.69) is 37.2 Å². The molecule has 2 rings (SSSR count). The second-order valence-electron chi connectivity index (χ2n) is 6.35. The molecule has 31 heavy (non-hydrogen) atoms. The van der Waals surface area contributed by atoms with Crippen molar-refractivity contribution in [3.05, 3.63) is 74.7 Å². The highest BCUT2D eigenvalue weighted by atomic mass is 79.9. The van der Waals surface area contributed by atoms with Gasteiger partial charge in [-0.2, -0.15) is 0 Å². The standard InChI is InChI=1S/C21H20Br2N2O6/c22-14-11-15(19(27)16(23)12-14)17(9-5-2-6-10-18(26)25-30)31-21(29)24-20(28)13-7-3-1-4-8-13/h1,3-4,6-8,10-12,17,27,30H,2,5,9H2,(H,25,26)(H,24,28,29)/b10-6+/t17-/m1/s1. The summed E-state index contributed by atoms with van der Waals surface area (Å²) < 4.78 is 6.51. The van der Waals surface area contributed by atoms with E-state index in [1.807, 2.05) is 0 Å². The van der Waals surface area contributed by atoms with Crippen LogP contribution in [0.5, 0.6) is 5.75 Å². The number of allylic oxidation sites excluding steroid dienone is 1. The van der Waals surface area contributed by atoms with Crippen LogP contribution in [0, 0.1) is 0 Å². The quantitative estimate of drug-likeness (QED) is 0.161. The summed E-state index contributed by atoms with van der Waals surface area (Å²) in [6.07, 6.45) is 2.15. The summed E-state index contributed by atoms with van der Waals surface area (Å²) in [5.41, 5.74) is 2.14. The SMILES string of the molecule is O=C(/C=C/CCC[C@@H](OC(=O)NC(=O)c1ccccc1)c1cc(Br)cc(Br)c1O)NO. The van der Waals surface area contributed by atoms with Gasteiger partial charge >= 0.3 is 6.09 Å². The van der Waals surface area contributed by atoms with E-state index in [9.17, 15) is 19.5 Å². The molecule has 0 heterocycles. The monoisotopic (exact) mass is 554 g/mol. The lowest BCUT2D eigenvalue weighted by molar-refractivity contribution is -0.124. The molecule has 2 aromatic rings. The fourth-order valence-corrected chi connectivity index (χ4v) is 3.93. The molecule has 0 aliphatic heterocycles. The Morgan fingerprint density at radius 3 is 2.52 bits per heavy atom. The normalized spacial score (nSPS) is 11.7. The van der Waals surface area contributed by atoms with E-state index in [-0.39, 0.29) is 5.75 Å². The van der Waals surface area contributed by atoms with Crippen molar-refractivity contribution >= 4 is 49.8 Å². The second kappa shape index (κ2) is 12.2. The van der Waals surface area contributed by atoms with Crippen LogP contribution < -0.4 is 10.8 Å². The smallest absolute Gasteiger partial charge is 0.414 e. The lowest BCUT2D eigenvalue weighted by Gasteiger charge is -2.20. The molecule has 2 aromatic carbocycles. The predicted octanol–water partition coefficient (Wildman–Crippen LogP) is 4.76. The molecule has 0 fully saturated rings. The molecule has 0 bridgehead atoms. The average Bonchev–Trinajstić information content (AvgIpc) is 2.75. The number of phenolic OH excluding ortho intramolecular Hbond substituents is 1. The summed E-state index contributed by atoms with van der Waals surface area (Å²) in [6, 6.07) is 11.5. The van der Waals surface area contributed by atoms with E-state index in [4.69, 9.17) is 9.94 Å². The molecule has 0 aliphatic carbocycles. The minimum absolute atomic E-state index is 0.0920. The molecule has 0 saturated heterocycles. The maximum atomic E-state index is 12.4. The third-order valence-corrected chi connectivity index (χ3v) is 5.18. The van der Waals surface area contributed by atoms with Gasteiger partial charge in [0, 0.05) is 21.7 Å². The largest absolute Gasteiger partial charge is 0.506 e. The van der Waals surface area contributed by atoms with Crippen molar-refractivity contribution in [2.45, 2.75) is 25.4 Å². The number of imide groups is 1. The van der Waals surface area contributed by atoms with Gasteiger partial charge in [-0.1, -0.05) is 40.2 Å². The Bertz CT molecular complexity index is 966. The van der Waals surface area contributed by atoms with Crippen LogP contribution in [0.3, 0.4) is 0 Å². The van der Waals surface area contributed by atoms with Crippen LogP contribution in [-0.2, 0) is 9.53 Å². The number of phenols is 1. The van der Waals surface area contributed by atoms with Gasteiger partial charge in [-0.25, -0.2) is 10.3 Å².